The van der Waals surface area contributed by atoms with Crippen LogP contribution in [-0.4, -0.2) is 41.7 Å². The fourth-order valence-electron chi connectivity index (χ4n) is 1.26. The van der Waals surface area contributed by atoms with Crippen LogP contribution in [-0.2, 0) is 0 Å². The van der Waals surface area contributed by atoms with E-state index in [1.807, 2.05) is 0 Å². The Bertz CT molecular complexity index is 368. The maximum Gasteiger partial charge on any atom is 0.267 e. The van der Waals surface area contributed by atoms with Crippen molar-refractivity contribution in [2.24, 2.45) is 5.73 Å². The van der Waals surface area contributed by atoms with Crippen LogP contribution in [0.1, 0.15) is 17.4 Å². The minimum atomic E-state index is -0.541. The van der Waals surface area contributed by atoms with Gasteiger partial charge in [-0.15, -0.1) is 0 Å². The van der Waals surface area contributed by atoms with Crippen molar-refractivity contribution in [3.8, 4) is 0 Å². The molecule has 1 unspecified atom stereocenters. The number of aromatic nitrogens is 1. The zero-order chi connectivity index (χ0) is 12.7. The van der Waals surface area contributed by atoms with Crippen LogP contribution in [0.3, 0.4) is 0 Å². The standard InChI is InChI=1S/C11H18N4O2/c1-8(16)7-13-5-6-14-10-4-2-3-9(15-10)11(12)17/h2-4,8,13,16H,5-7H2,1H3,(H2,12,17)(H,14,15). The minimum absolute atomic E-state index is 0.243. The molecule has 0 saturated heterocycles. The topological polar surface area (TPSA) is 100 Å². The van der Waals surface area contributed by atoms with Crippen molar-refractivity contribution >= 4 is 11.7 Å². The summed E-state index contributed by atoms with van der Waals surface area (Å²) in [5.74, 6) is 0.0704. The largest absolute Gasteiger partial charge is 0.392 e. The first kappa shape index (κ1) is 13.4. The quantitative estimate of drug-likeness (QED) is 0.483. The molecule has 0 radical (unpaired) electrons. The van der Waals surface area contributed by atoms with Crippen LogP contribution < -0.4 is 16.4 Å². The van der Waals surface area contributed by atoms with E-state index in [0.717, 1.165) is 0 Å². The van der Waals surface area contributed by atoms with Gasteiger partial charge in [-0.1, -0.05) is 6.07 Å². The highest BCUT2D eigenvalue weighted by Gasteiger charge is 2.02. The highest BCUT2D eigenvalue weighted by Crippen LogP contribution is 2.03. The van der Waals surface area contributed by atoms with Gasteiger partial charge in [0.25, 0.3) is 5.91 Å². The van der Waals surface area contributed by atoms with Crippen LogP contribution in [0, 0.1) is 0 Å². The van der Waals surface area contributed by atoms with E-state index in [9.17, 15) is 4.79 Å². The summed E-state index contributed by atoms with van der Waals surface area (Å²) in [7, 11) is 0. The zero-order valence-corrected chi connectivity index (χ0v) is 9.81. The summed E-state index contributed by atoms with van der Waals surface area (Å²) >= 11 is 0. The van der Waals surface area contributed by atoms with Gasteiger partial charge in [0.15, 0.2) is 0 Å². The Labute approximate surface area is 100 Å². The highest BCUT2D eigenvalue weighted by molar-refractivity contribution is 5.91. The van der Waals surface area contributed by atoms with Gasteiger partial charge in [-0.2, -0.15) is 0 Å². The Morgan fingerprint density at radius 2 is 2.29 bits per heavy atom. The first-order valence-electron chi connectivity index (χ1n) is 5.49. The molecule has 1 aromatic rings. The first-order chi connectivity index (χ1) is 8.09. The number of rotatable bonds is 7. The first-order valence-corrected chi connectivity index (χ1v) is 5.49. The van der Waals surface area contributed by atoms with E-state index in [1.54, 1.807) is 25.1 Å². The molecule has 1 heterocycles. The monoisotopic (exact) mass is 238 g/mol. The van der Waals surface area contributed by atoms with Crippen molar-refractivity contribution in [2.45, 2.75) is 13.0 Å². The smallest absolute Gasteiger partial charge is 0.267 e. The number of nitrogens with two attached hydrogens (primary N) is 1. The van der Waals surface area contributed by atoms with Gasteiger partial charge in [0.1, 0.15) is 11.5 Å². The molecule has 0 bridgehead atoms. The number of nitrogens with one attached hydrogen (secondary N) is 2. The number of aliphatic hydroxyl groups is 1. The fraction of sp³-hybridized carbons (Fsp3) is 0.455. The van der Waals surface area contributed by atoms with Gasteiger partial charge in [-0.25, -0.2) is 4.98 Å². The van der Waals surface area contributed by atoms with E-state index in [4.69, 9.17) is 10.8 Å². The summed E-state index contributed by atoms with van der Waals surface area (Å²) < 4.78 is 0. The highest BCUT2D eigenvalue weighted by atomic mass is 16.3. The van der Waals surface area contributed by atoms with Crippen molar-refractivity contribution in [2.75, 3.05) is 25.0 Å². The summed E-state index contributed by atoms with van der Waals surface area (Å²) in [5.41, 5.74) is 5.37. The number of hydrogen-bond acceptors (Lipinski definition) is 5. The number of carbonyl (C=O) groups is 1. The average Bonchev–Trinajstić information content (AvgIpc) is 2.28. The molecule has 6 heteroatoms. The van der Waals surface area contributed by atoms with E-state index in [1.165, 1.54) is 0 Å². The van der Waals surface area contributed by atoms with Gasteiger partial charge in [0, 0.05) is 19.6 Å². The Hall–Kier alpha value is -1.66. The molecule has 0 fully saturated rings. The zero-order valence-electron chi connectivity index (χ0n) is 9.81. The van der Waals surface area contributed by atoms with Crippen LogP contribution in [0.25, 0.3) is 0 Å². The number of hydrogen-bond donors (Lipinski definition) is 4. The molecular formula is C11H18N4O2. The lowest BCUT2D eigenvalue weighted by Gasteiger charge is -2.08. The second-order valence-electron chi connectivity index (χ2n) is 3.75. The Morgan fingerprint density at radius 3 is 2.94 bits per heavy atom. The lowest BCUT2D eigenvalue weighted by atomic mass is 10.3. The molecule has 0 aliphatic carbocycles. The third-order valence-corrected chi connectivity index (χ3v) is 2.05. The van der Waals surface area contributed by atoms with Gasteiger partial charge in [0.2, 0.25) is 0 Å². The predicted molar refractivity (Wildman–Crippen MR) is 65.8 cm³/mol. The molecule has 6 nitrogen and oxygen atoms in total. The molecule has 0 aliphatic heterocycles. The van der Waals surface area contributed by atoms with Gasteiger partial charge in [-0.05, 0) is 19.1 Å². The van der Waals surface area contributed by atoms with E-state index >= 15 is 0 Å². The summed E-state index contributed by atoms with van der Waals surface area (Å²) in [6.45, 7) is 3.63. The molecule has 0 aromatic carbocycles. The number of anilines is 1. The van der Waals surface area contributed by atoms with E-state index in [-0.39, 0.29) is 11.8 Å². The van der Waals surface area contributed by atoms with E-state index < -0.39 is 5.91 Å². The summed E-state index contributed by atoms with van der Waals surface area (Å²) in [6, 6.07) is 5.05. The number of pyridine rings is 1. The van der Waals surface area contributed by atoms with Gasteiger partial charge >= 0.3 is 0 Å². The SMILES string of the molecule is CC(O)CNCCNc1cccc(C(N)=O)n1. The molecule has 0 spiro atoms. The van der Waals surface area contributed by atoms with Crippen molar-refractivity contribution in [1.29, 1.82) is 0 Å². The molecule has 0 aliphatic rings. The predicted octanol–water partition coefficient (Wildman–Crippen LogP) is -0.437. The summed E-state index contributed by atoms with van der Waals surface area (Å²) in [5, 5.41) is 15.1. The minimum Gasteiger partial charge on any atom is -0.392 e. The van der Waals surface area contributed by atoms with Crippen LogP contribution in [0.5, 0.6) is 0 Å². The number of nitrogens with zero attached hydrogens (tertiary/aromatic N) is 1. The molecule has 1 amide bonds. The normalized spacial score (nSPS) is 12.1. The van der Waals surface area contributed by atoms with Crippen molar-refractivity contribution in [1.82, 2.24) is 10.3 Å². The van der Waals surface area contributed by atoms with Crippen molar-refractivity contribution in [3.05, 3.63) is 23.9 Å². The molecule has 17 heavy (non-hydrogen) atoms. The molecule has 1 atom stereocenters. The summed E-state index contributed by atoms with van der Waals surface area (Å²) in [6.07, 6.45) is -0.355. The summed E-state index contributed by atoms with van der Waals surface area (Å²) in [4.78, 5) is 14.9. The number of amides is 1. The number of primary amides is 1. The molecule has 1 rings (SSSR count). The number of carbonyl (C=O) groups excluding carboxylic acids is 1. The Balaban J connectivity index is 2.31. The Kier molecular flexibility index (Phi) is 5.38. The maximum absolute atomic E-state index is 10.9. The van der Waals surface area contributed by atoms with Crippen LogP contribution in [0.15, 0.2) is 18.2 Å². The fourth-order valence-corrected chi connectivity index (χ4v) is 1.26. The van der Waals surface area contributed by atoms with Crippen molar-refractivity contribution in [3.63, 3.8) is 0 Å². The van der Waals surface area contributed by atoms with Crippen LogP contribution in [0.2, 0.25) is 0 Å². The number of aliphatic hydroxyl groups excluding tert-OH is 1. The van der Waals surface area contributed by atoms with Crippen molar-refractivity contribution < 1.29 is 9.90 Å². The molecular weight excluding hydrogens is 220 g/mol. The lowest BCUT2D eigenvalue weighted by Crippen LogP contribution is -2.29. The Morgan fingerprint density at radius 1 is 1.53 bits per heavy atom. The molecule has 1 aromatic heterocycles. The molecule has 0 saturated carbocycles. The average molecular weight is 238 g/mol. The second-order valence-corrected chi connectivity index (χ2v) is 3.75. The van der Waals surface area contributed by atoms with Crippen LogP contribution >= 0.6 is 0 Å². The van der Waals surface area contributed by atoms with E-state index in [2.05, 4.69) is 15.6 Å². The molecule has 5 N–H and O–H groups in total. The third kappa shape index (κ3) is 5.28. The van der Waals surface area contributed by atoms with E-state index in [0.29, 0.717) is 25.5 Å². The van der Waals surface area contributed by atoms with Gasteiger partial charge < -0.3 is 21.5 Å². The third-order valence-electron chi connectivity index (χ3n) is 2.05. The second kappa shape index (κ2) is 6.82. The molecule has 94 valence electrons. The lowest BCUT2D eigenvalue weighted by molar-refractivity contribution is 0.0995. The maximum atomic E-state index is 10.9. The van der Waals surface area contributed by atoms with Gasteiger partial charge in [0.05, 0.1) is 6.10 Å². The van der Waals surface area contributed by atoms with Gasteiger partial charge in [-0.3, -0.25) is 4.79 Å². The van der Waals surface area contributed by atoms with Crippen LogP contribution in [0.4, 0.5) is 5.82 Å².